The number of hydrogen-bond acceptors (Lipinski definition) is 5. The maximum atomic E-state index is 13.3. The Morgan fingerprint density at radius 3 is 2.77 bits per heavy atom. The van der Waals surface area contributed by atoms with Crippen molar-refractivity contribution < 1.29 is 9.18 Å². The van der Waals surface area contributed by atoms with Crippen molar-refractivity contribution >= 4 is 29.0 Å². The molecule has 8 heteroatoms. The first-order valence-corrected chi connectivity index (χ1v) is 8.15. The summed E-state index contributed by atoms with van der Waals surface area (Å²) in [4.78, 5) is 24.9. The molecule has 1 amide bonds. The Morgan fingerprint density at radius 1 is 1.19 bits per heavy atom. The highest BCUT2D eigenvalue weighted by Crippen LogP contribution is 2.22. The van der Waals surface area contributed by atoms with Crippen molar-refractivity contribution in [3.8, 4) is 0 Å². The van der Waals surface area contributed by atoms with E-state index in [1.54, 1.807) is 19.2 Å². The summed E-state index contributed by atoms with van der Waals surface area (Å²) >= 11 is 5.77. The van der Waals surface area contributed by atoms with Crippen LogP contribution in [0.25, 0.3) is 0 Å². The lowest BCUT2D eigenvalue weighted by molar-refractivity contribution is 0.0945. The molecule has 2 N–H and O–H groups in total. The minimum atomic E-state index is -0.509. The van der Waals surface area contributed by atoms with Gasteiger partial charge >= 0.3 is 0 Å². The van der Waals surface area contributed by atoms with E-state index in [0.717, 1.165) is 5.69 Å². The van der Waals surface area contributed by atoms with Crippen LogP contribution in [0.15, 0.2) is 48.7 Å². The molecule has 132 valence electrons. The first kappa shape index (κ1) is 17.8. The van der Waals surface area contributed by atoms with Crippen LogP contribution in [0.1, 0.15) is 22.0 Å². The standard InChI is InChI=1S/C18H15ClFN5O/c1-11-23-16(18(26)22-10-13-4-2-3-7-21-13)9-17(24-11)25-12-5-6-15(20)14(19)8-12/h2-9H,10H2,1H3,(H,22,26)(H,23,24,25). The molecule has 1 aromatic carbocycles. The van der Waals surface area contributed by atoms with E-state index in [-0.39, 0.29) is 16.6 Å². The maximum Gasteiger partial charge on any atom is 0.270 e. The van der Waals surface area contributed by atoms with E-state index in [1.807, 2.05) is 12.1 Å². The van der Waals surface area contributed by atoms with E-state index >= 15 is 0 Å². The zero-order valence-corrected chi connectivity index (χ0v) is 14.6. The number of pyridine rings is 1. The fourth-order valence-electron chi connectivity index (χ4n) is 2.23. The number of carbonyl (C=O) groups excluding carboxylic acids is 1. The van der Waals surface area contributed by atoms with E-state index in [1.165, 1.54) is 24.3 Å². The summed E-state index contributed by atoms with van der Waals surface area (Å²) in [5.74, 6) is -0.0265. The molecule has 0 aliphatic rings. The van der Waals surface area contributed by atoms with Gasteiger partial charge in [0.2, 0.25) is 0 Å². The molecule has 0 saturated carbocycles. The third-order valence-electron chi connectivity index (χ3n) is 3.42. The second-order valence-electron chi connectivity index (χ2n) is 5.44. The third kappa shape index (κ3) is 4.52. The van der Waals surface area contributed by atoms with Crippen molar-refractivity contribution in [2.24, 2.45) is 0 Å². The lowest BCUT2D eigenvalue weighted by atomic mass is 10.3. The van der Waals surface area contributed by atoms with Crippen molar-refractivity contribution in [1.82, 2.24) is 20.3 Å². The number of benzene rings is 1. The molecule has 0 spiro atoms. The van der Waals surface area contributed by atoms with Gasteiger partial charge < -0.3 is 10.6 Å². The molecule has 2 aromatic heterocycles. The van der Waals surface area contributed by atoms with E-state index in [9.17, 15) is 9.18 Å². The smallest absolute Gasteiger partial charge is 0.270 e. The molecule has 0 saturated heterocycles. The van der Waals surface area contributed by atoms with Crippen LogP contribution in [0.5, 0.6) is 0 Å². The van der Waals surface area contributed by atoms with Crippen molar-refractivity contribution in [1.29, 1.82) is 0 Å². The average molecular weight is 372 g/mol. The van der Waals surface area contributed by atoms with Crippen LogP contribution in [-0.2, 0) is 6.54 Å². The SMILES string of the molecule is Cc1nc(Nc2ccc(F)c(Cl)c2)cc(C(=O)NCc2ccccn2)n1. The number of anilines is 2. The van der Waals surface area contributed by atoms with E-state index in [2.05, 4.69) is 25.6 Å². The molecule has 2 heterocycles. The summed E-state index contributed by atoms with van der Waals surface area (Å²) in [7, 11) is 0. The summed E-state index contributed by atoms with van der Waals surface area (Å²) in [5, 5.41) is 5.74. The topological polar surface area (TPSA) is 79.8 Å². The molecule has 0 fully saturated rings. The van der Waals surface area contributed by atoms with Crippen LogP contribution >= 0.6 is 11.6 Å². The highest BCUT2D eigenvalue weighted by molar-refractivity contribution is 6.31. The molecule has 0 atom stereocenters. The van der Waals surface area contributed by atoms with Gasteiger partial charge in [-0.1, -0.05) is 17.7 Å². The molecule has 26 heavy (non-hydrogen) atoms. The minimum Gasteiger partial charge on any atom is -0.345 e. The molecule has 0 unspecified atom stereocenters. The highest BCUT2D eigenvalue weighted by Gasteiger charge is 2.11. The van der Waals surface area contributed by atoms with Gasteiger partial charge in [-0.3, -0.25) is 9.78 Å². The van der Waals surface area contributed by atoms with E-state index < -0.39 is 5.82 Å². The molecular formula is C18H15ClFN5O. The quantitative estimate of drug-likeness (QED) is 0.715. The summed E-state index contributed by atoms with van der Waals surface area (Å²) < 4.78 is 13.3. The molecule has 3 aromatic rings. The van der Waals surface area contributed by atoms with Crippen LogP contribution in [0.2, 0.25) is 5.02 Å². The van der Waals surface area contributed by atoms with Gasteiger partial charge in [0.1, 0.15) is 23.2 Å². The summed E-state index contributed by atoms with van der Waals surface area (Å²) in [6, 6.07) is 11.2. The molecule has 0 radical (unpaired) electrons. The number of nitrogens with one attached hydrogen (secondary N) is 2. The summed E-state index contributed by atoms with van der Waals surface area (Å²) in [5.41, 5.74) is 1.50. The van der Waals surface area contributed by atoms with Crippen molar-refractivity contribution in [3.05, 3.63) is 76.7 Å². The monoisotopic (exact) mass is 371 g/mol. The van der Waals surface area contributed by atoms with Gasteiger partial charge in [-0.25, -0.2) is 14.4 Å². The largest absolute Gasteiger partial charge is 0.345 e. The van der Waals surface area contributed by atoms with Crippen LogP contribution in [0.4, 0.5) is 15.9 Å². The normalized spacial score (nSPS) is 10.4. The van der Waals surface area contributed by atoms with Gasteiger partial charge in [0.05, 0.1) is 17.3 Å². The lowest BCUT2D eigenvalue weighted by Crippen LogP contribution is -2.24. The molecule has 0 aliphatic heterocycles. The Bertz CT molecular complexity index is 936. The number of halogens is 2. The molecule has 3 rings (SSSR count). The zero-order chi connectivity index (χ0) is 18.5. The lowest BCUT2D eigenvalue weighted by Gasteiger charge is -2.09. The van der Waals surface area contributed by atoms with Crippen molar-refractivity contribution in [3.63, 3.8) is 0 Å². The number of amides is 1. The highest BCUT2D eigenvalue weighted by atomic mass is 35.5. The molecular weight excluding hydrogens is 357 g/mol. The first-order valence-electron chi connectivity index (χ1n) is 7.77. The van der Waals surface area contributed by atoms with E-state index in [0.29, 0.717) is 23.9 Å². The number of carbonyl (C=O) groups is 1. The number of hydrogen-bond donors (Lipinski definition) is 2. The molecule has 0 aliphatic carbocycles. The second-order valence-corrected chi connectivity index (χ2v) is 5.85. The van der Waals surface area contributed by atoms with Crippen LogP contribution < -0.4 is 10.6 Å². The Balaban J connectivity index is 1.74. The Labute approximate surface area is 154 Å². The predicted octanol–water partition coefficient (Wildman–Crippen LogP) is 3.65. The number of aromatic nitrogens is 3. The Morgan fingerprint density at radius 2 is 2.04 bits per heavy atom. The van der Waals surface area contributed by atoms with Crippen LogP contribution in [0.3, 0.4) is 0 Å². The Kier molecular flexibility index (Phi) is 5.38. The van der Waals surface area contributed by atoms with Gasteiger partial charge in [0.15, 0.2) is 0 Å². The van der Waals surface area contributed by atoms with Crippen LogP contribution in [-0.4, -0.2) is 20.9 Å². The zero-order valence-electron chi connectivity index (χ0n) is 13.8. The van der Waals surface area contributed by atoms with E-state index in [4.69, 9.17) is 11.6 Å². The van der Waals surface area contributed by atoms with Crippen LogP contribution in [0, 0.1) is 12.7 Å². The second kappa shape index (κ2) is 7.88. The van der Waals surface area contributed by atoms with Gasteiger partial charge in [-0.2, -0.15) is 0 Å². The maximum absolute atomic E-state index is 13.3. The fourth-order valence-corrected chi connectivity index (χ4v) is 2.41. The van der Waals surface area contributed by atoms with Gasteiger partial charge in [-0.15, -0.1) is 0 Å². The number of nitrogens with zero attached hydrogens (tertiary/aromatic N) is 3. The average Bonchev–Trinajstić information content (AvgIpc) is 2.63. The number of aryl methyl sites for hydroxylation is 1. The summed E-state index contributed by atoms with van der Waals surface area (Å²) in [6.07, 6.45) is 1.66. The van der Waals surface area contributed by atoms with Gasteiger partial charge in [0, 0.05) is 18.0 Å². The third-order valence-corrected chi connectivity index (χ3v) is 3.71. The molecule has 6 nitrogen and oxygen atoms in total. The van der Waals surface area contributed by atoms with Crippen molar-refractivity contribution in [2.75, 3.05) is 5.32 Å². The van der Waals surface area contributed by atoms with Gasteiger partial charge in [0.25, 0.3) is 5.91 Å². The first-order chi connectivity index (χ1) is 12.5. The predicted molar refractivity (Wildman–Crippen MR) is 96.9 cm³/mol. The number of rotatable bonds is 5. The minimum absolute atomic E-state index is 0.00546. The summed E-state index contributed by atoms with van der Waals surface area (Å²) in [6.45, 7) is 1.97. The molecule has 0 bridgehead atoms. The Hall–Kier alpha value is -3.06. The van der Waals surface area contributed by atoms with Crippen molar-refractivity contribution in [2.45, 2.75) is 13.5 Å². The van der Waals surface area contributed by atoms with Gasteiger partial charge in [-0.05, 0) is 37.3 Å². The fraction of sp³-hybridized carbons (Fsp3) is 0.111.